The Balaban J connectivity index is 0.000000386. The van der Waals surface area contributed by atoms with Gasteiger partial charge in [0.25, 0.3) is 0 Å². The van der Waals surface area contributed by atoms with Crippen molar-refractivity contribution in [2.45, 2.75) is 69.3 Å². The summed E-state index contributed by atoms with van der Waals surface area (Å²) in [5, 5.41) is 15.8. The van der Waals surface area contributed by atoms with Crippen molar-refractivity contribution in [1.82, 2.24) is 19.4 Å². The number of morpholine rings is 1. The van der Waals surface area contributed by atoms with E-state index in [0.717, 1.165) is 51.4 Å². The lowest BCUT2D eigenvalue weighted by atomic mass is 9.43. The van der Waals surface area contributed by atoms with E-state index in [2.05, 4.69) is 33.0 Å². The highest BCUT2D eigenvalue weighted by atomic mass is 19.4. The number of aromatic nitrogens is 3. The number of anilines is 1. The number of pyridine rings is 1. The van der Waals surface area contributed by atoms with E-state index in [1.165, 1.54) is 12.3 Å². The Labute approximate surface area is 222 Å². The highest BCUT2D eigenvalue weighted by Gasteiger charge is 2.71. The fourth-order valence-electron chi connectivity index (χ4n) is 5.65. The molecule has 4 aliphatic rings. The zero-order chi connectivity index (χ0) is 28.6. The zero-order valence-corrected chi connectivity index (χ0v) is 21.7. The van der Waals surface area contributed by atoms with Crippen LogP contribution in [0.15, 0.2) is 18.5 Å². The van der Waals surface area contributed by atoms with Crippen LogP contribution in [-0.4, -0.2) is 79.8 Å². The molecule has 39 heavy (non-hydrogen) atoms. The van der Waals surface area contributed by atoms with Gasteiger partial charge in [0.2, 0.25) is 0 Å². The lowest BCUT2D eigenvalue weighted by Gasteiger charge is -2.74. The summed E-state index contributed by atoms with van der Waals surface area (Å²) in [6.07, 6.45) is 1.16. The first-order chi connectivity index (χ1) is 18.2. The number of aliphatic carboxylic acids is 2. The first kappa shape index (κ1) is 28.6. The standard InChI is InChI=1S/C21H26F3N5O2.C4H6O4/c1-13(2)18-27-15(14-7-16(17(25)26-8-14)31-21(22,23)24)9-29(18)20-10-19(11-20,12-20)28-3-5-30-6-4-28;5-3(6)1-2-4(7)8/h7-9,13H,3-6,10-12H2,1-2H3,(H2,25,26);1-2H2,(H,5,6)(H,7,8). The molecule has 2 bridgehead atoms. The Hall–Kier alpha value is -3.39. The summed E-state index contributed by atoms with van der Waals surface area (Å²) in [6, 6.07) is 1.25. The molecule has 1 aliphatic heterocycles. The van der Waals surface area contributed by atoms with Crippen molar-refractivity contribution in [2.24, 2.45) is 0 Å². The maximum Gasteiger partial charge on any atom is 0.573 e. The summed E-state index contributed by atoms with van der Waals surface area (Å²) in [7, 11) is 0. The van der Waals surface area contributed by atoms with Crippen LogP contribution in [0.5, 0.6) is 5.75 Å². The number of nitrogen functional groups attached to an aromatic ring is 1. The molecule has 4 N–H and O–H groups in total. The molecule has 0 radical (unpaired) electrons. The van der Waals surface area contributed by atoms with Crippen LogP contribution in [0.25, 0.3) is 11.3 Å². The number of halogens is 3. The zero-order valence-electron chi connectivity index (χ0n) is 21.7. The van der Waals surface area contributed by atoms with Gasteiger partial charge in [0.15, 0.2) is 11.6 Å². The highest BCUT2D eigenvalue weighted by molar-refractivity contribution is 5.75. The average Bonchev–Trinajstić information content (AvgIpc) is 3.23. The van der Waals surface area contributed by atoms with Gasteiger partial charge < -0.3 is 30.0 Å². The van der Waals surface area contributed by atoms with Crippen molar-refractivity contribution in [3.05, 3.63) is 24.3 Å². The molecule has 2 aromatic heterocycles. The van der Waals surface area contributed by atoms with Gasteiger partial charge in [-0.25, -0.2) is 9.97 Å². The van der Waals surface area contributed by atoms with Crippen LogP contribution in [-0.2, 0) is 19.9 Å². The van der Waals surface area contributed by atoms with Crippen LogP contribution in [0, 0.1) is 0 Å². The number of hydrogen-bond acceptors (Lipinski definition) is 8. The summed E-state index contributed by atoms with van der Waals surface area (Å²) in [5.74, 6) is -1.87. The van der Waals surface area contributed by atoms with Crippen LogP contribution in [0.3, 0.4) is 0 Å². The number of alkyl halides is 3. The van der Waals surface area contributed by atoms with Gasteiger partial charge in [-0.15, -0.1) is 13.2 Å². The largest absolute Gasteiger partial charge is 0.573 e. The second kappa shape index (κ2) is 10.6. The minimum atomic E-state index is -4.84. The van der Waals surface area contributed by atoms with E-state index in [-0.39, 0.29) is 35.7 Å². The fourth-order valence-corrected chi connectivity index (χ4v) is 5.65. The van der Waals surface area contributed by atoms with Gasteiger partial charge in [-0.1, -0.05) is 13.8 Å². The molecule has 14 heteroatoms. The Morgan fingerprint density at radius 1 is 1.13 bits per heavy atom. The first-order valence-electron chi connectivity index (χ1n) is 12.6. The normalized spacial score (nSPS) is 24.3. The molecule has 4 fully saturated rings. The summed E-state index contributed by atoms with van der Waals surface area (Å²) < 4.78 is 49.9. The van der Waals surface area contributed by atoms with E-state index in [9.17, 15) is 22.8 Å². The topological polar surface area (TPSA) is 153 Å². The molecular formula is C25H32F3N5O6. The van der Waals surface area contributed by atoms with Gasteiger partial charge in [0.1, 0.15) is 5.82 Å². The lowest BCUT2D eigenvalue weighted by molar-refractivity contribution is -0.274. The summed E-state index contributed by atoms with van der Waals surface area (Å²) >= 11 is 0. The van der Waals surface area contributed by atoms with Crippen LogP contribution in [0.2, 0.25) is 0 Å². The predicted molar refractivity (Wildman–Crippen MR) is 132 cm³/mol. The fraction of sp³-hybridized carbons (Fsp3) is 0.600. The molecule has 0 amide bonds. The molecule has 2 aromatic rings. The molecule has 1 saturated heterocycles. The number of rotatable bonds is 8. The van der Waals surface area contributed by atoms with E-state index in [1.807, 2.05) is 6.20 Å². The minimum absolute atomic E-state index is 0.0374. The van der Waals surface area contributed by atoms with Gasteiger partial charge in [-0.2, -0.15) is 0 Å². The third kappa shape index (κ3) is 6.11. The maximum atomic E-state index is 12.7. The van der Waals surface area contributed by atoms with Gasteiger partial charge in [0, 0.05) is 42.5 Å². The second-order valence-electron chi connectivity index (χ2n) is 10.5. The van der Waals surface area contributed by atoms with E-state index >= 15 is 0 Å². The van der Waals surface area contributed by atoms with Crippen molar-refractivity contribution >= 4 is 17.8 Å². The Bertz CT molecular complexity index is 1190. The Morgan fingerprint density at radius 2 is 1.72 bits per heavy atom. The van der Waals surface area contributed by atoms with Gasteiger partial charge in [0.05, 0.1) is 37.3 Å². The molecule has 0 aromatic carbocycles. The predicted octanol–water partition coefficient (Wildman–Crippen LogP) is 3.45. The molecular weight excluding hydrogens is 523 g/mol. The second-order valence-corrected chi connectivity index (χ2v) is 10.5. The van der Waals surface area contributed by atoms with Crippen molar-refractivity contribution < 1.29 is 42.4 Å². The molecule has 6 rings (SSSR count). The van der Waals surface area contributed by atoms with Crippen molar-refractivity contribution in [3.8, 4) is 17.0 Å². The molecule has 0 atom stereocenters. The molecule has 0 spiro atoms. The number of hydrogen-bond donors (Lipinski definition) is 3. The molecule has 3 heterocycles. The molecule has 214 valence electrons. The highest BCUT2D eigenvalue weighted by Crippen LogP contribution is 2.68. The number of carbonyl (C=O) groups is 2. The Kier molecular flexibility index (Phi) is 7.81. The van der Waals surface area contributed by atoms with E-state index in [0.29, 0.717) is 11.3 Å². The van der Waals surface area contributed by atoms with Crippen LogP contribution in [0.4, 0.5) is 19.0 Å². The molecule has 3 saturated carbocycles. The van der Waals surface area contributed by atoms with Gasteiger partial charge in [-0.3, -0.25) is 14.5 Å². The summed E-state index contributed by atoms with van der Waals surface area (Å²) in [5.41, 5.74) is 6.90. The number of nitrogens with two attached hydrogens (primary N) is 1. The van der Waals surface area contributed by atoms with Crippen molar-refractivity contribution in [1.29, 1.82) is 0 Å². The average molecular weight is 556 g/mol. The lowest BCUT2D eigenvalue weighted by Crippen LogP contribution is -2.79. The van der Waals surface area contributed by atoms with Crippen LogP contribution in [0.1, 0.15) is 57.7 Å². The van der Waals surface area contributed by atoms with Gasteiger partial charge in [-0.05, 0) is 25.3 Å². The van der Waals surface area contributed by atoms with E-state index in [4.69, 9.17) is 25.7 Å². The quantitative estimate of drug-likeness (QED) is 0.441. The minimum Gasteiger partial charge on any atom is -0.481 e. The third-order valence-corrected chi connectivity index (χ3v) is 7.37. The number of nitrogens with zero attached hydrogens (tertiary/aromatic N) is 4. The van der Waals surface area contributed by atoms with Crippen molar-refractivity contribution in [2.75, 3.05) is 32.0 Å². The maximum absolute atomic E-state index is 12.7. The van der Waals surface area contributed by atoms with Crippen molar-refractivity contribution in [3.63, 3.8) is 0 Å². The number of carboxylic acid groups (broad SMARTS) is 2. The monoisotopic (exact) mass is 555 g/mol. The number of imidazole rings is 1. The molecule has 0 unspecified atom stereocenters. The SMILES string of the molecule is CC(C)c1nc(-c2cnc(N)c(OC(F)(F)F)c2)cn1C12CC(N3CCOCC3)(C1)C2.O=C(O)CCC(=O)O. The summed E-state index contributed by atoms with van der Waals surface area (Å²) in [4.78, 5) is 30.5. The molecule has 3 aliphatic carbocycles. The number of carboxylic acids is 2. The molecule has 11 nitrogen and oxygen atoms in total. The Morgan fingerprint density at radius 3 is 2.23 bits per heavy atom. The third-order valence-electron chi connectivity index (χ3n) is 7.37. The smallest absolute Gasteiger partial charge is 0.481 e. The van der Waals surface area contributed by atoms with E-state index in [1.54, 1.807) is 0 Å². The van der Waals surface area contributed by atoms with Crippen LogP contribution < -0.4 is 10.5 Å². The summed E-state index contributed by atoms with van der Waals surface area (Å²) in [6.45, 7) is 7.67. The van der Waals surface area contributed by atoms with Crippen LogP contribution >= 0.6 is 0 Å². The van der Waals surface area contributed by atoms with Gasteiger partial charge >= 0.3 is 18.3 Å². The van der Waals surface area contributed by atoms with E-state index < -0.39 is 24.1 Å². The first-order valence-corrected chi connectivity index (χ1v) is 12.6. The number of ether oxygens (including phenoxy) is 2.